The van der Waals surface area contributed by atoms with E-state index in [1.54, 1.807) is 6.07 Å². The highest BCUT2D eigenvalue weighted by Gasteiger charge is 2.12. The maximum Gasteiger partial charge on any atom is 0.341 e. The topological polar surface area (TPSA) is 83.0 Å². The molecule has 0 aliphatic carbocycles. The van der Waals surface area contributed by atoms with Crippen LogP contribution >= 0.6 is 0 Å². The molecule has 0 aliphatic heterocycles. The van der Waals surface area contributed by atoms with Gasteiger partial charge in [-0.1, -0.05) is 18.2 Å². The van der Waals surface area contributed by atoms with Crippen molar-refractivity contribution in [3.63, 3.8) is 0 Å². The Balaban J connectivity index is 2.48. The van der Waals surface area contributed by atoms with Crippen LogP contribution in [0.5, 0.6) is 0 Å². The Hall–Kier alpha value is -2.69. The van der Waals surface area contributed by atoms with Gasteiger partial charge in [0.1, 0.15) is 11.2 Å². The van der Waals surface area contributed by atoms with E-state index in [4.69, 9.17) is 5.11 Å². The Bertz CT molecular complexity index is 836. The fourth-order valence-corrected chi connectivity index (χ4v) is 1.91. The van der Waals surface area contributed by atoms with Crippen LogP contribution in [0.4, 0.5) is 0 Å². The maximum atomic E-state index is 12.0. The first-order valence-electron chi connectivity index (χ1n) is 5.31. The smallest absolute Gasteiger partial charge is 0.341 e. The molecule has 0 bridgehead atoms. The second-order valence-electron chi connectivity index (χ2n) is 3.91. The summed E-state index contributed by atoms with van der Waals surface area (Å²) in [6, 6.07) is 9.01. The summed E-state index contributed by atoms with van der Waals surface area (Å²) >= 11 is 0. The van der Waals surface area contributed by atoms with Crippen LogP contribution in [0.15, 0.2) is 41.3 Å². The van der Waals surface area contributed by atoms with Gasteiger partial charge in [0.25, 0.3) is 0 Å². The van der Waals surface area contributed by atoms with Crippen LogP contribution in [0.1, 0.15) is 10.4 Å². The molecule has 2 N–H and O–H groups in total. The third-order valence-corrected chi connectivity index (χ3v) is 2.80. The number of aromatic amines is 1. The number of carboxylic acids is 1. The lowest BCUT2D eigenvalue weighted by Gasteiger charge is -2.02. The molecule has 0 aliphatic rings. The van der Waals surface area contributed by atoms with Crippen molar-refractivity contribution in [3.05, 3.63) is 52.3 Å². The number of pyridine rings is 2. The van der Waals surface area contributed by atoms with Crippen molar-refractivity contribution in [2.24, 2.45) is 0 Å². The van der Waals surface area contributed by atoms with E-state index in [9.17, 15) is 9.59 Å². The zero-order chi connectivity index (χ0) is 12.7. The van der Waals surface area contributed by atoms with Gasteiger partial charge >= 0.3 is 5.97 Å². The Labute approximate surface area is 101 Å². The van der Waals surface area contributed by atoms with Gasteiger partial charge in [0.05, 0.1) is 10.9 Å². The van der Waals surface area contributed by atoms with Crippen LogP contribution in [-0.2, 0) is 0 Å². The number of hydrogen-bond donors (Lipinski definition) is 2. The largest absolute Gasteiger partial charge is 0.477 e. The van der Waals surface area contributed by atoms with Crippen LogP contribution in [0.2, 0.25) is 0 Å². The lowest BCUT2D eigenvalue weighted by molar-refractivity contribution is 0.0695. The summed E-state index contributed by atoms with van der Waals surface area (Å²) in [6.45, 7) is 0. The van der Waals surface area contributed by atoms with Gasteiger partial charge in [-0.2, -0.15) is 0 Å². The number of benzene rings is 1. The van der Waals surface area contributed by atoms with Crippen molar-refractivity contribution in [2.45, 2.75) is 0 Å². The number of fused-ring (bicyclic) bond motifs is 2. The number of carboxylic acid groups (broad SMARTS) is 1. The molecule has 0 radical (unpaired) electrons. The molecule has 0 amide bonds. The van der Waals surface area contributed by atoms with E-state index in [2.05, 4.69) is 9.97 Å². The Morgan fingerprint density at radius 1 is 1.28 bits per heavy atom. The second-order valence-corrected chi connectivity index (χ2v) is 3.91. The first-order valence-corrected chi connectivity index (χ1v) is 5.31. The summed E-state index contributed by atoms with van der Waals surface area (Å²) < 4.78 is 0. The van der Waals surface area contributed by atoms with Gasteiger partial charge in [0.15, 0.2) is 0 Å². The second kappa shape index (κ2) is 3.66. The van der Waals surface area contributed by atoms with E-state index >= 15 is 0 Å². The molecule has 5 nitrogen and oxygen atoms in total. The van der Waals surface area contributed by atoms with Gasteiger partial charge < -0.3 is 10.1 Å². The molecule has 88 valence electrons. The van der Waals surface area contributed by atoms with Crippen LogP contribution in [0, 0.1) is 0 Å². The van der Waals surface area contributed by atoms with E-state index in [1.807, 2.05) is 24.3 Å². The zero-order valence-corrected chi connectivity index (χ0v) is 9.18. The number of carbonyl (C=O) groups is 1. The molecule has 0 fully saturated rings. The molecule has 0 atom stereocenters. The van der Waals surface area contributed by atoms with E-state index in [0.717, 1.165) is 10.9 Å². The van der Waals surface area contributed by atoms with Gasteiger partial charge in [-0.25, -0.2) is 9.78 Å². The average molecular weight is 240 g/mol. The third kappa shape index (κ3) is 1.45. The first-order chi connectivity index (χ1) is 8.66. The standard InChI is InChI=1S/C13H8N2O3/c16-11-8-5-7-3-1-2-4-10(7)15-12(8)14-6-9(11)13(17)18/h1-6H,(H,17,18)(H,14,15,16). The lowest BCUT2D eigenvalue weighted by Crippen LogP contribution is -2.15. The van der Waals surface area contributed by atoms with E-state index in [-0.39, 0.29) is 10.9 Å². The van der Waals surface area contributed by atoms with Gasteiger partial charge in [0, 0.05) is 11.6 Å². The summed E-state index contributed by atoms with van der Waals surface area (Å²) in [6.07, 6.45) is 1.18. The molecule has 2 heterocycles. The number of H-pyrrole nitrogens is 1. The van der Waals surface area contributed by atoms with Crippen molar-refractivity contribution < 1.29 is 9.90 Å². The predicted octanol–water partition coefficient (Wildman–Crippen LogP) is 1.77. The minimum absolute atomic E-state index is 0.278. The molecule has 2 aromatic heterocycles. The third-order valence-electron chi connectivity index (χ3n) is 2.80. The Morgan fingerprint density at radius 2 is 2.06 bits per heavy atom. The molecule has 0 unspecified atom stereocenters. The average Bonchev–Trinajstić information content (AvgIpc) is 2.37. The summed E-state index contributed by atoms with van der Waals surface area (Å²) in [7, 11) is 0. The van der Waals surface area contributed by atoms with E-state index in [1.165, 1.54) is 6.20 Å². The summed E-state index contributed by atoms with van der Waals surface area (Å²) in [4.78, 5) is 29.9. The molecule has 1 aromatic carbocycles. The number of nitrogens with one attached hydrogen (secondary N) is 1. The Morgan fingerprint density at radius 3 is 2.83 bits per heavy atom. The lowest BCUT2D eigenvalue weighted by atomic mass is 10.1. The SMILES string of the molecule is O=C(O)c1c[nH]c2nc3ccccc3cc2c1=O. The fourth-order valence-electron chi connectivity index (χ4n) is 1.91. The summed E-state index contributed by atoms with van der Waals surface area (Å²) in [5.41, 5.74) is 0.349. The van der Waals surface area contributed by atoms with Gasteiger partial charge in [-0.05, 0) is 12.1 Å². The van der Waals surface area contributed by atoms with E-state index < -0.39 is 11.4 Å². The fraction of sp³-hybridized carbons (Fsp3) is 0. The van der Waals surface area contributed by atoms with Crippen LogP contribution < -0.4 is 5.43 Å². The van der Waals surface area contributed by atoms with E-state index in [0.29, 0.717) is 5.65 Å². The number of aromatic carboxylic acids is 1. The zero-order valence-electron chi connectivity index (χ0n) is 9.18. The molecule has 3 rings (SSSR count). The predicted molar refractivity (Wildman–Crippen MR) is 66.8 cm³/mol. The first kappa shape index (κ1) is 10.5. The minimum atomic E-state index is -1.24. The van der Waals surface area contributed by atoms with Crippen LogP contribution in [0.3, 0.4) is 0 Å². The molecule has 0 saturated carbocycles. The summed E-state index contributed by atoms with van der Waals surface area (Å²) in [5.74, 6) is -1.24. The highest BCUT2D eigenvalue weighted by Crippen LogP contribution is 2.15. The Kier molecular flexibility index (Phi) is 2.13. The normalized spacial score (nSPS) is 10.9. The number of aromatic nitrogens is 2. The number of nitrogens with zero attached hydrogens (tertiary/aromatic N) is 1. The minimum Gasteiger partial charge on any atom is -0.477 e. The maximum absolute atomic E-state index is 12.0. The molecule has 5 heteroatoms. The molecular weight excluding hydrogens is 232 g/mol. The number of para-hydroxylation sites is 1. The number of rotatable bonds is 1. The molecular formula is C13H8N2O3. The van der Waals surface area contributed by atoms with Crippen molar-refractivity contribution in [1.82, 2.24) is 9.97 Å². The van der Waals surface area contributed by atoms with Crippen LogP contribution in [0.25, 0.3) is 21.9 Å². The van der Waals surface area contributed by atoms with Gasteiger partial charge in [-0.15, -0.1) is 0 Å². The quantitative estimate of drug-likeness (QED) is 0.635. The van der Waals surface area contributed by atoms with Crippen molar-refractivity contribution >= 4 is 27.9 Å². The highest BCUT2D eigenvalue weighted by atomic mass is 16.4. The molecule has 3 aromatic rings. The monoisotopic (exact) mass is 240 g/mol. The van der Waals surface area contributed by atoms with Gasteiger partial charge in [-0.3, -0.25) is 4.79 Å². The molecule has 0 spiro atoms. The summed E-state index contributed by atoms with van der Waals surface area (Å²) in [5, 5.41) is 9.99. The van der Waals surface area contributed by atoms with Crippen molar-refractivity contribution in [3.8, 4) is 0 Å². The molecule has 18 heavy (non-hydrogen) atoms. The number of hydrogen-bond acceptors (Lipinski definition) is 3. The molecule has 0 saturated heterocycles. The van der Waals surface area contributed by atoms with Crippen LogP contribution in [-0.4, -0.2) is 21.0 Å². The van der Waals surface area contributed by atoms with Crippen molar-refractivity contribution in [1.29, 1.82) is 0 Å². The highest BCUT2D eigenvalue weighted by molar-refractivity contribution is 5.95. The van der Waals surface area contributed by atoms with Crippen molar-refractivity contribution in [2.75, 3.05) is 0 Å². The van der Waals surface area contributed by atoms with Gasteiger partial charge in [0.2, 0.25) is 5.43 Å².